The molecule has 1 fully saturated rings. The highest BCUT2D eigenvalue weighted by molar-refractivity contribution is 7.89. The van der Waals surface area contributed by atoms with E-state index in [1.807, 2.05) is 26.0 Å². The first-order valence-electron chi connectivity index (χ1n) is 10.2. The average molecular weight is 471 g/mol. The van der Waals surface area contributed by atoms with Crippen molar-refractivity contribution in [3.05, 3.63) is 53.6 Å². The van der Waals surface area contributed by atoms with Crippen LogP contribution < -0.4 is 4.72 Å². The maximum absolute atomic E-state index is 13.9. The molecule has 1 amide bonds. The zero-order valence-electron chi connectivity index (χ0n) is 17.7. The summed E-state index contributed by atoms with van der Waals surface area (Å²) in [5.41, 5.74) is 0.532. The molecule has 2 aromatic rings. The van der Waals surface area contributed by atoms with E-state index < -0.39 is 38.8 Å². The molecule has 0 atom stereocenters. The minimum atomic E-state index is -4.88. The molecule has 1 heterocycles. The van der Waals surface area contributed by atoms with Gasteiger partial charge in [0.25, 0.3) is 0 Å². The second kappa shape index (κ2) is 9.11. The summed E-state index contributed by atoms with van der Waals surface area (Å²) < 4.78 is 69.7. The minimum Gasteiger partial charge on any atom is -0.465 e. The molecule has 0 radical (unpaired) electrons. The predicted octanol–water partition coefficient (Wildman–Crippen LogP) is 4.92. The highest BCUT2D eigenvalue weighted by Gasteiger charge is 2.38. The van der Waals surface area contributed by atoms with E-state index in [1.165, 1.54) is 6.07 Å². The molecule has 174 valence electrons. The number of sulfonamides is 1. The predicted molar refractivity (Wildman–Crippen MR) is 114 cm³/mol. The van der Waals surface area contributed by atoms with E-state index >= 15 is 0 Å². The lowest BCUT2D eigenvalue weighted by Crippen LogP contribution is -2.46. The minimum absolute atomic E-state index is 0.0716. The molecule has 2 N–H and O–H groups in total. The zero-order chi connectivity index (χ0) is 23.7. The Morgan fingerprint density at radius 3 is 2.31 bits per heavy atom. The highest BCUT2D eigenvalue weighted by atomic mass is 32.2. The van der Waals surface area contributed by atoms with Crippen LogP contribution in [-0.2, 0) is 16.2 Å². The summed E-state index contributed by atoms with van der Waals surface area (Å²) in [6.07, 6.45) is -5.61. The first kappa shape index (κ1) is 24.1. The Kier molecular flexibility index (Phi) is 6.85. The lowest BCUT2D eigenvalue weighted by molar-refractivity contribution is -0.139. The quantitative estimate of drug-likeness (QED) is 0.650. The van der Waals surface area contributed by atoms with E-state index in [0.717, 1.165) is 22.6 Å². The second-order valence-corrected chi connectivity index (χ2v) is 9.80. The van der Waals surface area contributed by atoms with Gasteiger partial charge in [-0.05, 0) is 47.6 Å². The van der Waals surface area contributed by atoms with Crippen LogP contribution >= 0.6 is 0 Å². The van der Waals surface area contributed by atoms with Crippen molar-refractivity contribution in [3.8, 4) is 11.1 Å². The van der Waals surface area contributed by atoms with Crippen molar-refractivity contribution < 1.29 is 31.5 Å². The van der Waals surface area contributed by atoms with Crippen molar-refractivity contribution in [1.82, 2.24) is 9.62 Å². The summed E-state index contributed by atoms with van der Waals surface area (Å²) in [4.78, 5) is 11.3. The largest absolute Gasteiger partial charge is 0.465 e. The number of halogens is 3. The standard InChI is InChI=1S/C22H25F3N2O4S/c1-14(2)17-5-3-4-6-18(17)15-7-8-20(19(13-15)22(23,24)25)32(30,31)26-16-9-11-27(12-10-16)21(28)29/h3-8,13-14,16,26H,9-12H2,1-2H3,(H,28,29). The molecule has 0 bridgehead atoms. The van der Waals surface area contributed by atoms with Gasteiger partial charge < -0.3 is 10.0 Å². The van der Waals surface area contributed by atoms with Crippen LogP contribution in [-0.4, -0.2) is 43.6 Å². The molecule has 1 saturated heterocycles. The summed E-state index contributed by atoms with van der Waals surface area (Å²) >= 11 is 0. The Hall–Kier alpha value is -2.59. The summed E-state index contributed by atoms with van der Waals surface area (Å²) in [5, 5.41) is 9.00. The lowest BCUT2D eigenvalue weighted by Gasteiger charge is -2.30. The van der Waals surface area contributed by atoms with Crippen molar-refractivity contribution in [1.29, 1.82) is 0 Å². The van der Waals surface area contributed by atoms with Crippen LogP contribution in [0.15, 0.2) is 47.4 Å². The number of nitrogens with zero attached hydrogens (tertiary/aromatic N) is 1. The number of piperidine rings is 1. The zero-order valence-corrected chi connectivity index (χ0v) is 18.5. The average Bonchev–Trinajstić information content (AvgIpc) is 2.72. The molecule has 1 aliphatic rings. The third-order valence-electron chi connectivity index (χ3n) is 5.56. The van der Waals surface area contributed by atoms with Crippen molar-refractivity contribution >= 4 is 16.1 Å². The molecule has 6 nitrogen and oxygen atoms in total. The Morgan fingerprint density at radius 1 is 1.12 bits per heavy atom. The van der Waals surface area contributed by atoms with E-state index in [9.17, 15) is 26.4 Å². The van der Waals surface area contributed by atoms with E-state index in [4.69, 9.17) is 5.11 Å². The number of carbonyl (C=O) groups is 1. The van der Waals surface area contributed by atoms with Gasteiger partial charge in [0.15, 0.2) is 0 Å². The molecule has 0 saturated carbocycles. The SMILES string of the molecule is CC(C)c1ccccc1-c1ccc(S(=O)(=O)NC2CCN(C(=O)O)CC2)c(C(F)(F)F)c1. The van der Waals surface area contributed by atoms with Crippen LogP contribution in [0.2, 0.25) is 0 Å². The third-order valence-corrected chi connectivity index (χ3v) is 7.13. The van der Waals surface area contributed by atoms with Gasteiger partial charge in [0.2, 0.25) is 10.0 Å². The van der Waals surface area contributed by atoms with E-state index in [2.05, 4.69) is 4.72 Å². The maximum atomic E-state index is 13.9. The number of nitrogens with one attached hydrogen (secondary N) is 1. The van der Waals surface area contributed by atoms with Gasteiger partial charge in [0.1, 0.15) is 0 Å². The fourth-order valence-corrected chi connectivity index (χ4v) is 5.40. The number of amides is 1. The number of benzene rings is 2. The molecule has 0 aliphatic carbocycles. The van der Waals surface area contributed by atoms with E-state index in [1.54, 1.807) is 12.1 Å². The molecule has 32 heavy (non-hydrogen) atoms. The van der Waals surface area contributed by atoms with Gasteiger partial charge in [-0.15, -0.1) is 0 Å². The number of hydrogen-bond acceptors (Lipinski definition) is 3. The van der Waals surface area contributed by atoms with Crippen LogP contribution in [0.3, 0.4) is 0 Å². The van der Waals surface area contributed by atoms with E-state index in [-0.39, 0.29) is 37.4 Å². The van der Waals surface area contributed by atoms with Crippen molar-refractivity contribution in [2.45, 2.75) is 49.7 Å². The Morgan fingerprint density at radius 2 is 1.75 bits per heavy atom. The van der Waals surface area contributed by atoms with Crippen molar-refractivity contribution in [3.63, 3.8) is 0 Å². The monoisotopic (exact) mass is 470 g/mol. The maximum Gasteiger partial charge on any atom is 0.417 e. The van der Waals surface area contributed by atoms with E-state index in [0.29, 0.717) is 5.56 Å². The molecule has 0 aromatic heterocycles. The highest BCUT2D eigenvalue weighted by Crippen LogP contribution is 2.38. The summed E-state index contributed by atoms with van der Waals surface area (Å²) in [5.74, 6) is 0.0716. The molecule has 1 aliphatic heterocycles. The van der Waals surface area contributed by atoms with Crippen LogP contribution in [0.5, 0.6) is 0 Å². The van der Waals surface area contributed by atoms with Crippen molar-refractivity contribution in [2.75, 3.05) is 13.1 Å². The van der Waals surface area contributed by atoms with Gasteiger partial charge in [0.05, 0.1) is 10.5 Å². The smallest absolute Gasteiger partial charge is 0.417 e. The second-order valence-electron chi connectivity index (χ2n) is 8.12. The van der Waals surface area contributed by atoms with Crippen LogP contribution in [0.4, 0.5) is 18.0 Å². The van der Waals surface area contributed by atoms with Gasteiger partial charge in [-0.2, -0.15) is 13.2 Å². The Labute approximate surface area is 185 Å². The molecular formula is C22H25F3N2O4S. The number of carboxylic acid groups (broad SMARTS) is 1. The number of likely N-dealkylation sites (tertiary alicyclic amines) is 1. The molecule has 0 spiro atoms. The topological polar surface area (TPSA) is 86.7 Å². The first-order valence-corrected chi connectivity index (χ1v) is 11.7. The van der Waals surface area contributed by atoms with Gasteiger partial charge in [-0.3, -0.25) is 0 Å². The first-order chi connectivity index (χ1) is 14.9. The summed E-state index contributed by atoms with van der Waals surface area (Å²) in [6, 6.07) is 9.70. The number of hydrogen-bond donors (Lipinski definition) is 2. The third kappa shape index (κ3) is 5.24. The van der Waals surface area contributed by atoms with Gasteiger partial charge in [-0.25, -0.2) is 17.9 Å². The molecular weight excluding hydrogens is 445 g/mol. The van der Waals surface area contributed by atoms with Gasteiger partial charge in [0, 0.05) is 19.1 Å². The lowest BCUT2D eigenvalue weighted by atomic mass is 9.92. The van der Waals surface area contributed by atoms with Crippen LogP contribution in [0, 0.1) is 0 Å². The Bertz CT molecular complexity index is 1090. The van der Waals surface area contributed by atoms with Crippen LogP contribution in [0.1, 0.15) is 43.7 Å². The molecule has 2 aromatic carbocycles. The number of alkyl halides is 3. The molecule has 10 heteroatoms. The Balaban J connectivity index is 1.96. The van der Waals surface area contributed by atoms with Gasteiger partial charge in [-0.1, -0.05) is 44.2 Å². The van der Waals surface area contributed by atoms with Crippen molar-refractivity contribution in [2.24, 2.45) is 0 Å². The normalized spacial score (nSPS) is 15.9. The fraction of sp³-hybridized carbons (Fsp3) is 0.409. The van der Waals surface area contributed by atoms with Gasteiger partial charge >= 0.3 is 12.3 Å². The fourth-order valence-electron chi connectivity index (χ4n) is 3.89. The summed E-state index contributed by atoms with van der Waals surface area (Å²) in [7, 11) is -4.47. The molecule has 0 unspecified atom stereocenters. The summed E-state index contributed by atoms with van der Waals surface area (Å²) in [6.45, 7) is 4.09. The molecule has 3 rings (SSSR count). The number of rotatable bonds is 5. The van der Waals surface area contributed by atoms with Crippen LogP contribution in [0.25, 0.3) is 11.1 Å².